The predicted molar refractivity (Wildman–Crippen MR) is 95.3 cm³/mol. The van der Waals surface area contributed by atoms with Gasteiger partial charge in [-0.15, -0.1) is 0 Å². The molecular weight excluding hydrogens is 346 g/mol. The molecule has 2 aromatic rings. The van der Waals surface area contributed by atoms with Crippen LogP contribution < -0.4 is 5.32 Å². The number of nitro benzene ring substituents is 1. The van der Waals surface area contributed by atoms with E-state index in [2.05, 4.69) is 5.32 Å². The van der Waals surface area contributed by atoms with Gasteiger partial charge in [0.15, 0.2) is 0 Å². The van der Waals surface area contributed by atoms with E-state index in [0.29, 0.717) is 11.3 Å². The van der Waals surface area contributed by atoms with Gasteiger partial charge in [-0.3, -0.25) is 19.7 Å². The molecule has 0 saturated heterocycles. The summed E-state index contributed by atoms with van der Waals surface area (Å²) in [4.78, 5) is 36.1. The topological polar surface area (TPSA) is 92.6 Å². The highest BCUT2D eigenvalue weighted by molar-refractivity contribution is 6.34. The quantitative estimate of drug-likeness (QED) is 0.666. The Balaban J connectivity index is 2.26. The summed E-state index contributed by atoms with van der Waals surface area (Å²) >= 11 is 6.03. The molecule has 0 spiro atoms. The van der Waals surface area contributed by atoms with Gasteiger partial charge < -0.3 is 10.2 Å². The number of hydrogen-bond donors (Lipinski definition) is 1. The zero-order valence-electron chi connectivity index (χ0n) is 13.9. The number of amides is 2. The lowest BCUT2D eigenvalue weighted by Gasteiger charge is -2.13. The summed E-state index contributed by atoms with van der Waals surface area (Å²) in [5, 5.41) is 13.8. The minimum atomic E-state index is -0.505. The standard InChI is InChI=1S/C17H16ClN3O4/c1-10-8-11(4-7-15(10)21(24)25)16(22)19-12-5-6-14(18)13(9-12)17(23)20(2)3/h4-9H,1-3H3,(H,19,22). The van der Waals surface area contributed by atoms with Crippen molar-refractivity contribution in [2.24, 2.45) is 0 Å². The van der Waals surface area contributed by atoms with E-state index in [1.165, 1.54) is 35.2 Å². The molecule has 2 rings (SSSR count). The van der Waals surface area contributed by atoms with E-state index in [-0.39, 0.29) is 27.7 Å². The lowest BCUT2D eigenvalue weighted by molar-refractivity contribution is -0.385. The molecule has 0 aromatic heterocycles. The number of aryl methyl sites for hydroxylation is 1. The molecule has 0 saturated carbocycles. The maximum Gasteiger partial charge on any atom is 0.272 e. The first kappa shape index (κ1) is 18.4. The number of carbonyl (C=O) groups excluding carboxylic acids is 2. The van der Waals surface area contributed by atoms with Crippen LogP contribution in [0.25, 0.3) is 0 Å². The van der Waals surface area contributed by atoms with Crippen molar-refractivity contribution in [3.8, 4) is 0 Å². The van der Waals surface area contributed by atoms with Crippen molar-refractivity contribution in [2.75, 3.05) is 19.4 Å². The van der Waals surface area contributed by atoms with Gasteiger partial charge in [-0.05, 0) is 37.3 Å². The SMILES string of the molecule is Cc1cc(C(=O)Nc2ccc(Cl)c(C(=O)N(C)C)c2)ccc1[N+](=O)[O-]. The Bertz CT molecular complexity index is 865. The third kappa shape index (κ3) is 4.13. The number of rotatable bonds is 4. The fraction of sp³-hybridized carbons (Fsp3) is 0.176. The van der Waals surface area contributed by atoms with Crippen molar-refractivity contribution in [3.63, 3.8) is 0 Å². The molecule has 0 aliphatic rings. The third-order valence-electron chi connectivity index (χ3n) is 3.52. The fourth-order valence-electron chi connectivity index (χ4n) is 2.21. The summed E-state index contributed by atoms with van der Waals surface area (Å²) < 4.78 is 0. The molecule has 8 heteroatoms. The largest absolute Gasteiger partial charge is 0.345 e. The minimum Gasteiger partial charge on any atom is -0.345 e. The van der Waals surface area contributed by atoms with Crippen LogP contribution in [0, 0.1) is 17.0 Å². The normalized spacial score (nSPS) is 10.2. The molecule has 0 fully saturated rings. The minimum absolute atomic E-state index is 0.0538. The molecule has 0 aliphatic heterocycles. The van der Waals surface area contributed by atoms with Crippen LogP contribution in [0.4, 0.5) is 11.4 Å². The van der Waals surface area contributed by atoms with Crippen LogP contribution in [0.5, 0.6) is 0 Å². The second kappa shape index (κ2) is 7.31. The Hall–Kier alpha value is -2.93. The van der Waals surface area contributed by atoms with Crippen molar-refractivity contribution in [1.82, 2.24) is 4.90 Å². The summed E-state index contributed by atoms with van der Waals surface area (Å²) in [5.41, 5.74) is 1.28. The number of carbonyl (C=O) groups is 2. The van der Waals surface area contributed by atoms with Crippen LogP contribution in [-0.4, -0.2) is 35.7 Å². The molecule has 0 unspecified atom stereocenters. The molecule has 2 amide bonds. The Morgan fingerprint density at radius 3 is 2.40 bits per heavy atom. The number of benzene rings is 2. The molecule has 0 radical (unpaired) electrons. The van der Waals surface area contributed by atoms with Crippen LogP contribution >= 0.6 is 11.6 Å². The Labute approximate surface area is 149 Å². The first-order valence-electron chi connectivity index (χ1n) is 7.28. The number of hydrogen-bond acceptors (Lipinski definition) is 4. The highest BCUT2D eigenvalue weighted by Crippen LogP contribution is 2.23. The molecule has 0 atom stereocenters. The fourth-order valence-corrected chi connectivity index (χ4v) is 2.41. The second-order valence-electron chi connectivity index (χ2n) is 5.61. The third-order valence-corrected chi connectivity index (χ3v) is 3.85. The zero-order valence-corrected chi connectivity index (χ0v) is 14.6. The van der Waals surface area contributed by atoms with Gasteiger partial charge in [0, 0.05) is 37.0 Å². The number of anilines is 1. The van der Waals surface area contributed by atoms with Gasteiger partial charge in [0.25, 0.3) is 17.5 Å². The highest BCUT2D eigenvalue weighted by Gasteiger charge is 2.16. The van der Waals surface area contributed by atoms with Crippen molar-refractivity contribution < 1.29 is 14.5 Å². The van der Waals surface area contributed by atoms with E-state index in [0.717, 1.165) is 0 Å². The van der Waals surface area contributed by atoms with Crippen LogP contribution in [0.3, 0.4) is 0 Å². The van der Waals surface area contributed by atoms with E-state index in [1.54, 1.807) is 27.1 Å². The van der Waals surface area contributed by atoms with Crippen LogP contribution in [0.1, 0.15) is 26.3 Å². The van der Waals surface area contributed by atoms with Crippen LogP contribution in [0.2, 0.25) is 5.02 Å². The average molecular weight is 362 g/mol. The maximum absolute atomic E-state index is 12.3. The molecule has 130 valence electrons. The first-order chi connectivity index (χ1) is 11.7. The van der Waals surface area contributed by atoms with E-state index in [4.69, 9.17) is 11.6 Å². The lowest BCUT2D eigenvalue weighted by Crippen LogP contribution is -2.22. The molecule has 2 aromatic carbocycles. The highest BCUT2D eigenvalue weighted by atomic mass is 35.5. The summed E-state index contributed by atoms with van der Waals surface area (Å²) in [6.07, 6.45) is 0. The molecule has 0 aliphatic carbocycles. The molecule has 0 heterocycles. The number of nitrogens with one attached hydrogen (secondary N) is 1. The Morgan fingerprint density at radius 1 is 1.16 bits per heavy atom. The number of nitrogens with zero attached hydrogens (tertiary/aromatic N) is 2. The maximum atomic E-state index is 12.3. The second-order valence-corrected chi connectivity index (χ2v) is 6.01. The summed E-state index contributed by atoms with van der Waals surface area (Å²) in [5.74, 6) is -0.726. The lowest BCUT2D eigenvalue weighted by atomic mass is 10.1. The van der Waals surface area contributed by atoms with Gasteiger partial charge in [-0.2, -0.15) is 0 Å². The van der Waals surface area contributed by atoms with Crippen molar-refractivity contribution in [3.05, 3.63) is 68.2 Å². The van der Waals surface area contributed by atoms with Gasteiger partial charge in [-0.25, -0.2) is 0 Å². The van der Waals surface area contributed by atoms with E-state index < -0.39 is 10.8 Å². The molecule has 7 nitrogen and oxygen atoms in total. The number of nitro groups is 1. The Morgan fingerprint density at radius 2 is 1.84 bits per heavy atom. The van der Waals surface area contributed by atoms with Crippen molar-refractivity contribution >= 4 is 34.8 Å². The monoisotopic (exact) mass is 361 g/mol. The van der Waals surface area contributed by atoms with E-state index in [9.17, 15) is 19.7 Å². The van der Waals surface area contributed by atoms with Gasteiger partial charge in [-0.1, -0.05) is 11.6 Å². The molecule has 0 bridgehead atoms. The smallest absolute Gasteiger partial charge is 0.272 e. The first-order valence-corrected chi connectivity index (χ1v) is 7.66. The summed E-state index contributed by atoms with van der Waals surface area (Å²) in [7, 11) is 3.20. The van der Waals surface area contributed by atoms with Gasteiger partial charge in [0.05, 0.1) is 15.5 Å². The summed E-state index contributed by atoms with van der Waals surface area (Å²) in [6.45, 7) is 1.56. The van der Waals surface area contributed by atoms with Crippen molar-refractivity contribution in [1.29, 1.82) is 0 Å². The number of halogens is 1. The van der Waals surface area contributed by atoms with E-state index in [1.807, 2.05) is 0 Å². The molecular formula is C17H16ClN3O4. The van der Waals surface area contributed by atoms with Crippen LogP contribution in [0.15, 0.2) is 36.4 Å². The predicted octanol–water partition coefficient (Wildman–Crippen LogP) is 3.51. The van der Waals surface area contributed by atoms with Gasteiger partial charge >= 0.3 is 0 Å². The van der Waals surface area contributed by atoms with Gasteiger partial charge in [0.2, 0.25) is 0 Å². The zero-order chi connectivity index (χ0) is 18.7. The molecule has 1 N–H and O–H groups in total. The van der Waals surface area contributed by atoms with Crippen molar-refractivity contribution in [2.45, 2.75) is 6.92 Å². The molecule has 25 heavy (non-hydrogen) atoms. The van der Waals surface area contributed by atoms with Gasteiger partial charge in [0.1, 0.15) is 0 Å². The van der Waals surface area contributed by atoms with E-state index >= 15 is 0 Å². The van der Waals surface area contributed by atoms with Crippen LogP contribution in [-0.2, 0) is 0 Å². The average Bonchev–Trinajstić information content (AvgIpc) is 2.55. The Kier molecular flexibility index (Phi) is 5.38. The summed E-state index contributed by atoms with van der Waals surface area (Å²) in [6, 6.07) is 8.69.